The Bertz CT molecular complexity index is 841. The maximum absolute atomic E-state index is 5.99. The van der Waals surface area contributed by atoms with Gasteiger partial charge >= 0.3 is 0 Å². The number of aromatic nitrogens is 1. The standard InChI is InChI=1S/C20H25N2OP/c1-6-16(8-7-14(2)3)13-24-22-15(4)19(12-21)18-11-17(23-5)9-10-20(18)22/h6-11,13H,2,12,21H2,1,3-5H3/b8-7-,16-6+. The fourth-order valence-corrected chi connectivity index (χ4v) is 3.63. The van der Waals surface area contributed by atoms with Crippen molar-refractivity contribution in [1.29, 1.82) is 0 Å². The third-order valence-corrected chi connectivity index (χ3v) is 5.09. The summed E-state index contributed by atoms with van der Waals surface area (Å²) in [5, 5.41) is 1.16. The molecule has 0 amide bonds. The summed E-state index contributed by atoms with van der Waals surface area (Å²) in [7, 11) is 2.77. The van der Waals surface area contributed by atoms with E-state index >= 15 is 0 Å². The van der Waals surface area contributed by atoms with Crippen molar-refractivity contribution in [3.8, 4) is 5.75 Å². The number of fused-ring (bicyclic) bond motifs is 1. The van der Waals surface area contributed by atoms with Gasteiger partial charge in [0, 0.05) is 26.0 Å². The second-order valence-electron chi connectivity index (χ2n) is 5.68. The van der Waals surface area contributed by atoms with E-state index < -0.39 is 0 Å². The molecule has 4 heteroatoms. The first-order chi connectivity index (χ1) is 11.5. The number of methoxy groups -OCH3 is 1. The summed E-state index contributed by atoms with van der Waals surface area (Å²) in [6, 6.07) is 6.15. The van der Waals surface area contributed by atoms with Gasteiger partial charge in [-0.1, -0.05) is 30.4 Å². The summed E-state index contributed by atoms with van der Waals surface area (Å²) >= 11 is 0. The fourth-order valence-electron chi connectivity index (χ4n) is 2.56. The van der Waals surface area contributed by atoms with Crippen LogP contribution in [0.25, 0.3) is 10.9 Å². The summed E-state index contributed by atoms with van der Waals surface area (Å²) < 4.78 is 7.63. The van der Waals surface area contributed by atoms with Gasteiger partial charge in [0.25, 0.3) is 0 Å². The molecule has 3 nitrogen and oxygen atoms in total. The molecule has 0 fully saturated rings. The molecule has 2 aromatic rings. The molecule has 1 heterocycles. The number of allylic oxidation sites excluding steroid dienone is 5. The van der Waals surface area contributed by atoms with Gasteiger partial charge in [0.2, 0.25) is 0 Å². The van der Waals surface area contributed by atoms with Gasteiger partial charge in [0.15, 0.2) is 0 Å². The molecule has 0 saturated heterocycles. The number of rotatable bonds is 6. The van der Waals surface area contributed by atoms with Crippen LogP contribution in [-0.4, -0.2) is 17.2 Å². The SMILES string of the molecule is C=C(C)/C=C\C(C=Pn1c(C)c(CN)c2cc(OC)ccc21)=C/C. The fraction of sp³-hybridized carbons (Fsp3) is 0.250. The van der Waals surface area contributed by atoms with Crippen molar-refractivity contribution in [3.63, 3.8) is 0 Å². The molecule has 2 N–H and O–H groups in total. The monoisotopic (exact) mass is 340 g/mol. The van der Waals surface area contributed by atoms with Crippen molar-refractivity contribution < 1.29 is 4.74 Å². The number of benzene rings is 1. The van der Waals surface area contributed by atoms with Crippen molar-refractivity contribution in [2.75, 3.05) is 7.11 Å². The van der Waals surface area contributed by atoms with Crippen LogP contribution < -0.4 is 10.5 Å². The Hall–Kier alpha value is -2.09. The predicted octanol–water partition coefficient (Wildman–Crippen LogP) is 5.01. The lowest BCUT2D eigenvalue weighted by molar-refractivity contribution is 0.415. The molecule has 0 aliphatic heterocycles. The summed E-state index contributed by atoms with van der Waals surface area (Å²) in [5.74, 6) is 3.05. The minimum absolute atomic E-state index is 0.518. The number of hydrogen-bond donors (Lipinski definition) is 1. The highest BCUT2D eigenvalue weighted by molar-refractivity contribution is 7.37. The van der Waals surface area contributed by atoms with E-state index in [2.05, 4.69) is 47.9 Å². The first kappa shape index (κ1) is 18.3. The van der Waals surface area contributed by atoms with Crippen LogP contribution in [0.1, 0.15) is 25.1 Å². The highest BCUT2D eigenvalue weighted by atomic mass is 31.1. The molecule has 126 valence electrons. The van der Waals surface area contributed by atoms with E-state index in [9.17, 15) is 0 Å². The van der Waals surface area contributed by atoms with Gasteiger partial charge < -0.3 is 10.5 Å². The van der Waals surface area contributed by atoms with Crippen molar-refractivity contribution in [2.24, 2.45) is 5.73 Å². The van der Waals surface area contributed by atoms with Gasteiger partial charge in [-0.3, -0.25) is 4.34 Å². The number of nitrogens with two attached hydrogens (primary N) is 1. The Kier molecular flexibility index (Phi) is 6.19. The second kappa shape index (κ2) is 8.14. The first-order valence-corrected chi connectivity index (χ1v) is 8.85. The van der Waals surface area contributed by atoms with Gasteiger partial charge in [-0.2, -0.15) is 0 Å². The van der Waals surface area contributed by atoms with Crippen LogP contribution in [-0.2, 0) is 6.54 Å². The Morgan fingerprint density at radius 2 is 2.12 bits per heavy atom. The van der Waals surface area contributed by atoms with Gasteiger partial charge in [-0.15, -0.1) is 0 Å². The van der Waals surface area contributed by atoms with E-state index in [-0.39, 0.29) is 0 Å². The predicted molar refractivity (Wildman–Crippen MR) is 107 cm³/mol. The van der Waals surface area contributed by atoms with Crippen molar-refractivity contribution >= 4 is 25.1 Å². The molecule has 0 unspecified atom stereocenters. The third kappa shape index (κ3) is 3.87. The summed E-state index contributed by atoms with van der Waals surface area (Å²) in [5.41, 5.74) is 11.7. The zero-order chi connectivity index (χ0) is 17.7. The van der Waals surface area contributed by atoms with Crippen LogP contribution in [0.2, 0.25) is 0 Å². The van der Waals surface area contributed by atoms with E-state index in [4.69, 9.17) is 10.5 Å². The topological polar surface area (TPSA) is 40.2 Å². The maximum Gasteiger partial charge on any atom is 0.119 e. The molecule has 0 spiro atoms. The Morgan fingerprint density at radius 3 is 2.71 bits per heavy atom. The first-order valence-electron chi connectivity index (χ1n) is 7.94. The van der Waals surface area contributed by atoms with Crippen LogP contribution in [0.3, 0.4) is 0 Å². The maximum atomic E-state index is 5.99. The highest BCUT2D eigenvalue weighted by Crippen LogP contribution is 2.32. The quantitative estimate of drug-likeness (QED) is 0.593. The molecular weight excluding hydrogens is 315 g/mol. The summed E-state index contributed by atoms with van der Waals surface area (Å²) in [6.45, 7) is 10.6. The van der Waals surface area contributed by atoms with E-state index in [1.54, 1.807) is 7.11 Å². The lowest BCUT2D eigenvalue weighted by atomic mass is 10.1. The van der Waals surface area contributed by atoms with Crippen LogP contribution in [0.5, 0.6) is 5.75 Å². The largest absolute Gasteiger partial charge is 0.497 e. The molecule has 0 bridgehead atoms. The molecule has 0 saturated carbocycles. The summed E-state index contributed by atoms with van der Waals surface area (Å²) in [4.78, 5) is 0. The van der Waals surface area contributed by atoms with Crippen LogP contribution in [0, 0.1) is 6.92 Å². The molecule has 0 aliphatic rings. The molecule has 0 radical (unpaired) electrons. The highest BCUT2D eigenvalue weighted by Gasteiger charge is 2.12. The molecule has 0 aliphatic carbocycles. The van der Waals surface area contributed by atoms with Crippen molar-refractivity contribution in [3.05, 3.63) is 65.4 Å². The number of ether oxygens (including phenoxy) is 1. The van der Waals surface area contributed by atoms with Gasteiger partial charge in [-0.25, -0.2) is 0 Å². The van der Waals surface area contributed by atoms with Gasteiger partial charge in [0.1, 0.15) is 5.75 Å². The number of nitrogens with zero attached hydrogens (tertiary/aromatic N) is 1. The smallest absolute Gasteiger partial charge is 0.119 e. The van der Waals surface area contributed by atoms with E-state index in [0.29, 0.717) is 6.54 Å². The van der Waals surface area contributed by atoms with Crippen LogP contribution in [0.4, 0.5) is 0 Å². The minimum atomic E-state index is 0.518. The Morgan fingerprint density at radius 1 is 1.38 bits per heavy atom. The normalized spacial score (nSPS) is 12.6. The summed E-state index contributed by atoms with van der Waals surface area (Å²) in [6.07, 6.45) is 6.21. The Balaban J connectivity index is 2.50. The van der Waals surface area contributed by atoms with E-state index in [1.165, 1.54) is 22.3 Å². The zero-order valence-electron chi connectivity index (χ0n) is 14.8. The molecular formula is C20H25N2OP. The van der Waals surface area contributed by atoms with Crippen molar-refractivity contribution in [2.45, 2.75) is 27.3 Å². The molecule has 2 rings (SSSR count). The lowest BCUT2D eigenvalue weighted by Gasteiger charge is -2.02. The second-order valence-corrected chi connectivity index (χ2v) is 6.57. The van der Waals surface area contributed by atoms with E-state index in [1.807, 2.05) is 26.0 Å². The van der Waals surface area contributed by atoms with Gasteiger partial charge in [0.05, 0.1) is 12.6 Å². The molecule has 24 heavy (non-hydrogen) atoms. The lowest BCUT2D eigenvalue weighted by Crippen LogP contribution is -1.98. The molecule has 0 atom stereocenters. The average molecular weight is 340 g/mol. The third-order valence-electron chi connectivity index (χ3n) is 3.93. The Labute approximate surface area is 146 Å². The molecule has 1 aromatic heterocycles. The van der Waals surface area contributed by atoms with Gasteiger partial charge in [-0.05, 0) is 55.9 Å². The zero-order valence-corrected chi connectivity index (χ0v) is 15.7. The van der Waals surface area contributed by atoms with Crippen LogP contribution in [0.15, 0.2) is 54.2 Å². The molecule has 1 aromatic carbocycles. The number of hydrogen-bond acceptors (Lipinski definition) is 2. The van der Waals surface area contributed by atoms with Crippen LogP contribution >= 0.6 is 8.35 Å². The van der Waals surface area contributed by atoms with E-state index in [0.717, 1.165) is 25.1 Å². The van der Waals surface area contributed by atoms with Crippen molar-refractivity contribution in [1.82, 2.24) is 4.34 Å². The minimum Gasteiger partial charge on any atom is -0.497 e. The average Bonchev–Trinajstić information content (AvgIpc) is 2.85.